The Morgan fingerprint density at radius 1 is 0.667 bits per heavy atom. The molecule has 6 nitrogen and oxygen atoms in total. The van der Waals surface area contributed by atoms with Crippen LogP contribution in [0, 0.1) is 0 Å². The molecule has 0 atom stereocenters. The molecule has 146 valence electrons. The Morgan fingerprint density at radius 2 is 0.917 bits per heavy atom. The van der Waals surface area contributed by atoms with Crippen LogP contribution < -0.4 is 0 Å². The minimum Gasteiger partial charge on any atom is -0.395 e. The Balaban J connectivity index is 6.58. The zero-order chi connectivity index (χ0) is 20.0. The van der Waals surface area contributed by atoms with E-state index in [1.165, 1.54) is 0 Å². The second kappa shape index (κ2) is 6.13. The van der Waals surface area contributed by atoms with Crippen LogP contribution in [0.3, 0.4) is 0 Å². The first-order chi connectivity index (χ1) is 10.2. The van der Waals surface area contributed by atoms with Crippen LogP contribution in [0.2, 0.25) is 0 Å². The molecule has 0 spiro atoms. The number of aliphatic hydroxyl groups excluding tert-OH is 1. The van der Waals surface area contributed by atoms with Crippen LogP contribution in [-0.2, 0) is 20.0 Å². The smallest absolute Gasteiger partial charge is 0.395 e. The minimum atomic E-state index is -7.67. The largest absolute Gasteiger partial charge is 0.471 e. The van der Waals surface area contributed by atoms with Gasteiger partial charge in [-0.1, -0.05) is 3.71 Å². The van der Waals surface area contributed by atoms with Gasteiger partial charge >= 0.3 is 42.9 Å². The van der Waals surface area contributed by atoms with Crippen molar-refractivity contribution < 1.29 is 65.8 Å². The standard InChI is InChI=1S/C6H5F10NO5S2/c7-3(8,9)5(13,14)23(19,20)17(1-2-18)24(21,22)6(15,16)4(10,11)12/h18H,1-2H2. The van der Waals surface area contributed by atoms with Crippen LogP contribution in [0.25, 0.3) is 0 Å². The molecule has 0 amide bonds. The highest BCUT2D eigenvalue weighted by molar-refractivity contribution is 8.05. The van der Waals surface area contributed by atoms with E-state index in [0.29, 0.717) is 0 Å². The second-order valence-electron chi connectivity index (χ2n) is 3.76. The monoisotopic (exact) mass is 425 g/mol. The van der Waals surface area contributed by atoms with E-state index in [-0.39, 0.29) is 0 Å². The van der Waals surface area contributed by atoms with Crippen LogP contribution in [0.1, 0.15) is 0 Å². The van der Waals surface area contributed by atoms with Crippen LogP contribution in [0.15, 0.2) is 0 Å². The molecule has 0 rings (SSSR count). The predicted octanol–water partition coefficient (Wildman–Crippen LogP) is 1.25. The van der Waals surface area contributed by atoms with E-state index in [9.17, 15) is 60.7 Å². The van der Waals surface area contributed by atoms with Crippen molar-refractivity contribution in [2.24, 2.45) is 0 Å². The quantitative estimate of drug-likeness (QED) is 0.647. The second-order valence-corrected chi connectivity index (χ2v) is 7.80. The van der Waals surface area contributed by atoms with Gasteiger partial charge in [-0.15, -0.1) is 0 Å². The van der Waals surface area contributed by atoms with E-state index in [4.69, 9.17) is 5.11 Å². The number of hydrogen-bond acceptors (Lipinski definition) is 5. The molecule has 18 heteroatoms. The number of rotatable bonds is 6. The average Bonchev–Trinajstić information content (AvgIpc) is 2.32. The third kappa shape index (κ3) is 3.40. The Labute approximate surface area is 126 Å². The number of halogens is 10. The van der Waals surface area contributed by atoms with Crippen molar-refractivity contribution in [2.45, 2.75) is 22.9 Å². The molecule has 0 aromatic rings. The van der Waals surface area contributed by atoms with Crippen molar-refractivity contribution in [2.75, 3.05) is 13.2 Å². The van der Waals surface area contributed by atoms with E-state index < -0.39 is 59.8 Å². The maximum absolute atomic E-state index is 12.9. The van der Waals surface area contributed by atoms with Gasteiger partial charge < -0.3 is 5.11 Å². The fourth-order valence-corrected chi connectivity index (χ4v) is 4.34. The molecule has 0 aliphatic carbocycles. The van der Waals surface area contributed by atoms with Gasteiger partial charge in [0.1, 0.15) is 0 Å². The summed E-state index contributed by atoms with van der Waals surface area (Å²) >= 11 is 0. The molecule has 0 aromatic heterocycles. The van der Waals surface area contributed by atoms with Crippen LogP contribution >= 0.6 is 0 Å². The molecular weight excluding hydrogens is 420 g/mol. The molecule has 0 saturated heterocycles. The van der Waals surface area contributed by atoms with E-state index in [1.807, 2.05) is 0 Å². The summed E-state index contributed by atoms with van der Waals surface area (Å²) in [5.41, 5.74) is 0. The number of hydrogen-bond donors (Lipinski definition) is 1. The van der Waals surface area contributed by atoms with Crippen molar-refractivity contribution >= 4 is 20.0 Å². The highest BCUT2D eigenvalue weighted by atomic mass is 32.3. The molecule has 0 unspecified atom stereocenters. The fraction of sp³-hybridized carbons (Fsp3) is 1.00. The highest BCUT2D eigenvalue weighted by Crippen LogP contribution is 2.46. The van der Waals surface area contributed by atoms with E-state index in [2.05, 4.69) is 0 Å². The zero-order valence-electron chi connectivity index (χ0n) is 10.5. The third-order valence-electron chi connectivity index (χ3n) is 2.13. The maximum Gasteiger partial charge on any atom is 0.471 e. The Hall–Kier alpha value is -0.880. The number of aliphatic hydroxyl groups is 1. The predicted molar refractivity (Wildman–Crippen MR) is 53.6 cm³/mol. The van der Waals surface area contributed by atoms with Crippen LogP contribution in [0.4, 0.5) is 43.9 Å². The molecule has 0 bridgehead atoms. The summed E-state index contributed by atoms with van der Waals surface area (Å²) in [7, 11) is -15.3. The first-order valence-electron chi connectivity index (χ1n) is 4.96. The van der Waals surface area contributed by atoms with Crippen molar-refractivity contribution in [3.05, 3.63) is 0 Å². The van der Waals surface area contributed by atoms with Gasteiger partial charge in [-0.25, -0.2) is 16.8 Å². The molecule has 0 fully saturated rings. The van der Waals surface area contributed by atoms with Crippen molar-refractivity contribution in [1.82, 2.24) is 3.71 Å². The van der Waals surface area contributed by atoms with Gasteiger partial charge in [0.15, 0.2) is 0 Å². The van der Waals surface area contributed by atoms with Crippen LogP contribution in [0.5, 0.6) is 0 Å². The maximum atomic E-state index is 12.9. The Kier molecular flexibility index (Phi) is 5.91. The van der Waals surface area contributed by atoms with Gasteiger partial charge in [-0.05, 0) is 0 Å². The Morgan fingerprint density at radius 3 is 1.08 bits per heavy atom. The lowest BCUT2D eigenvalue weighted by Gasteiger charge is -2.30. The number of alkyl halides is 10. The van der Waals surface area contributed by atoms with Crippen molar-refractivity contribution in [1.29, 1.82) is 0 Å². The molecule has 24 heavy (non-hydrogen) atoms. The van der Waals surface area contributed by atoms with Crippen molar-refractivity contribution in [3.8, 4) is 0 Å². The third-order valence-corrected chi connectivity index (χ3v) is 6.50. The lowest BCUT2D eigenvalue weighted by molar-refractivity contribution is -0.244. The molecule has 0 aromatic carbocycles. The summed E-state index contributed by atoms with van der Waals surface area (Å²) < 4.78 is 166. The molecule has 0 radical (unpaired) electrons. The van der Waals surface area contributed by atoms with Gasteiger partial charge in [0, 0.05) is 0 Å². The average molecular weight is 425 g/mol. The molecule has 0 saturated carbocycles. The lowest BCUT2D eigenvalue weighted by Crippen LogP contribution is -2.59. The van der Waals surface area contributed by atoms with Crippen molar-refractivity contribution in [3.63, 3.8) is 0 Å². The molecule has 0 heterocycles. The topological polar surface area (TPSA) is 91.8 Å². The Bertz CT molecular complexity index is 607. The summed E-state index contributed by atoms with van der Waals surface area (Å²) in [6, 6.07) is 0. The van der Waals surface area contributed by atoms with Gasteiger partial charge in [-0.3, -0.25) is 0 Å². The normalized spacial score (nSPS) is 15.8. The minimum absolute atomic E-state index is 1.97. The molecular formula is C6H5F10NO5S2. The van der Waals surface area contributed by atoms with E-state index in [0.717, 1.165) is 0 Å². The SMILES string of the molecule is O=S(=O)(N(CCO)S(=O)(=O)C(F)(F)C(F)(F)F)C(F)(F)C(F)(F)F. The first-order valence-corrected chi connectivity index (χ1v) is 7.84. The fourth-order valence-electron chi connectivity index (χ4n) is 0.999. The summed E-state index contributed by atoms with van der Waals surface area (Å²) in [6.45, 7) is -4.41. The zero-order valence-corrected chi connectivity index (χ0v) is 12.2. The molecule has 1 N–H and O–H groups in total. The van der Waals surface area contributed by atoms with Gasteiger partial charge in [0.05, 0.1) is 13.2 Å². The van der Waals surface area contributed by atoms with Gasteiger partial charge in [0.2, 0.25) is 0 Å². The lowest BCUT2D eigenvalue weighted by atomic mass is 10.7. The molecule has 0 aliphatic heterocycles. The van der Waals surface area contributed by atoms with E-state index >= 15 is 0 Å². The number of sulfonamides is 2. The summed E-state index contributed by atoms with van der Waals surface area (Å²) in [5.74, 6) is 0. The van der Waals surface area contributed by atoms with Gasteiger partial charge in [0.25, 0.3) is 0 Å². The molecule has 0 aliphatic rings. The van der Waals surface area contributed by atoms with E-state index in [1.54, 1.807) is 0 Å². The summed E-state index contributed by atoms with van der Waals surface area (Å²) in [6.07, 6.45) is -14.1. The highest BCUT2D eigenvalue weighted by Gasteiger charge is 2.75. The number of nitrogens with zero attached hydrogens (tertiary/aromatic N) is 1. The van der Waals surface area contributed by atoms with Gasteiger partial charge in [-0.2, -0.15) is 43.9 Å². The van der Waals surface area contributed by atoms with Crippen LogP contribution in [-0.4, -0.2) is 61.7 Å². The summed E-state index contributed by atoms with van der Waals surface area (Å²) in [4.78, 5) is 0. The summed E-state index contributed by atoms with van der Waals surface area (Å²) in [5, 5.41) is -5.80. The first kappa shape index (κ1) is 23.1.